The molecule has 0 aliphatic heterocycles. The van der Waals surface area contributed by atoms with Crippen molar-refractivity contribution in [2.24, 2.45) is 0 Å². The molecule has 0 saturated carbocycles. The molecule has 0 N–H and O–H groups in total. The van der Waals surface area contributed by atoms with Crippen LogP contribution in [0.3, 0.4) is 0 Å². The molecule has 1 amide bonds. The van der Waals surface area contributed by atoms with Gasteiger partial charge in [-0.25, -0.2) is 0 Å². The summed E-state index contributed by atoms with van der Waals surface area (Å²) < 4.78 is 43.9. The molecule has 6 nitrogen and oxygen atoms in total. The first-order valence-corrected chi connectivity index (χ1v) is 7.84. The van der Waals surface area contributed by atoms with Crippen LogP contribution in [0.4, 0.5) is 18.9 Å². The van der Waals surface area contributed by atoms with Gasteiger partial charge in [0.1, 0.15) is 12.3 Å². The van der Waals surface area contributed by atoms with Gasteiger partial charge >= 0.3 is 6.18 Å². The smallest absolute Gasteiger partial charge is 0.406 e. The second-order valence-electron chi connectivity index (χ2n) is 5.88. The number of rotatable bonds is 6. The van der Waals surface area contributed by atoms with Gasteiger partial charge in [-0.2, -0.15) is 13.2 Å². The Bertz CT molecular complexity index is 835. The van der Waals surface area contributed by atoms with Crippen molar-refractivity contribution >= 4 is 11.6 Å². The van der Waals surface area contributed by atoms with E-state index in [9.17, 15) is 28.1 Å². The van der Waals surface area contributed by atoms with Crippen molar-refractivity contribution < 1.29 is 27.6 Å². The van der Waals surface area contributed by atoms with Crippen molar-refractivity contribution in [1.29, 1.82) is 0 Å². The fraction of sp³-hybridized carbons (Fsp3) is 0.278. The van der Waals surface area contributed by atoms with Gasteiger partial charge in [-0.1, -0.05) is 18.2 Å². The third kappa shape index (κ3) is 5.44. The molecule has 0 aromatic heterocycles. The lowest BCUT2D eigenvalue weighted by molar-refractivity contribution is -0.385. The molecule has 0 aliphatic carbocycles. The minimum atomic E-state index is -4.61. The van der Waals surface area contributed by atoms with Gasteiger partial charge in [0.2, 0.25) is 0 Å². The minimum Gasteiger partial charge on any atom is -0.497 e. The second kappa shape index (κ2) is 8.07. The number of carbonyl (C=O) groups is 1. The number of carbonyl (C=O) groups excluding carboxylic acids is 1. The quantitative estimate of drug-likeness (QED) is 0.557. The lowest BCUT2D eigenvalue weighted by atomic mass is 10.1. The van der Waals surface area contributed by atoms with Crippen LogP contribution in [0.1, 0.15) is 21.5 Å². The largest absolute Gasteiger partial charge is 0.497 e. The SMILES string of the molecule is COc1ccc(CN(CC(F)(F)F)C(=O)c2ccc(C)c([N+](=O)[O-])c2)cc1. The minimum absolute atomic E-state index is 0.176. The predicted octanol–water partition coefficient (Wildman–Crippen LogP) is 4.12. The molecule has 0 atom stereocenters. The van der Waals surface area contributed by atoms with E-state index < -0.39 is 23.6 Å². The maximum atomic E-state index is 13.0. The average Bonchev–Trinajstić information content (AvgIpc) is 2.60. The van der Waals surface area contributed by atoms with Crippen molar-refractivity contribution in [1.82, 2.24) is 4.90 Å². The molecule has 2 aromatic carbocycles. The zero-order valence-corrected chi connectivity index (χ0v) is 14.6. The average molecular weight is 382 g/mol. The van der Waals surface area contributed by atoms with Crippen LogP contribution in [0.15, 0.2) is 42.5 Å². The highest BCUT2D eigenvalue weighted by Gasteiger charge is 2.34. The fourth-order valence-corrected chi connectivity index (χ4v) is 2.49. The Morgan fingerprint density at radius 1 is 1.19 bits per heavy atom. The van der Waals surface area contributed by atoms with Crippen molar-refractivity contribution in [3.63, 3.8) is 0 Å². The number of alkyl halides is 3. The van der Waals surface area contributed by atoms with Crippen LogP contribution in [0.2, 0.25) is 0 Å². The van der Waals surface area contributed by atoms with Gasteiger partial charge in [-0.15, -0.1) is 0 Å². The van der Waals surface area contributed by atoms with Crippen molar-refractivity contribution in [2.45, 2.75) is 19.6 Å². The van der Waals surface area contributed by atoms with Crippen LogP contribution in [0.5, 0.6) is 5.75 Å². The number of methoxy groups -OCH3 is 1. The molecular weight excluding hydrogens is 365 g/mol. The number of hydrogen-bond acceptors (Lipinski definition) is 4. The van der Waals surface area contributed by atoms with Gasteiger partial charge in [0.15, 0.2) is 0 Å². The molecule has 0 radical (unpaired) electrons. The van der Waals surface area contributed by atoms with E-state index in [0.717, 1.165) is 6.07 Å². The normalized spacial score (nSPS) is 11.1. The lowest BCUT2D eigenvalue weighted by Crippen LogP contribution is -2.38. The Kier molecular flexibility index (Phi) is 6.04. The van der Waals surface area contributed by atoms with Gasteiger partial charge in [0, 0.05) is 23.7 Å². The Hall–Kier alpha value is -3.10. The monoisotopic (exact) mass is 382 g/mol. The fourth-order valence-electron chi connectivity index (χ4n) is 2.49. The highest BCUT2D eigenvalue weighted by atomic mass is 19.4. The zero-order valence-electron chi connectivity index (χ0n) is 14.6. The molecule has 0 bridgehead atoms. The molecule has 0 heterocycles. The summed E-state index contributed by atoms with van der Waals surface area (Å²) in [6.07, 6.45) is -4.61. The number of hydrogen-bond donors (Lipinski definition) is 0. The zero-order chi connectivity index (χ0) is 20.2. The molecule has 2 rings (SSSR count). The number of nitro groups is 1. The van der Waals surface area contributed by atoms with Crippen LogP contribution >= 0.6 is 0 Å². The molecule has 27 heavy (non-hydrogen) atoms. The number of benzene rings is 2. The maximum absolute atomic E-state index is 13.0. The van der Waals surface area contributed by atoms with Crippen molar-refractivity contribution in [3.05, 3.63) is 69.3 Å². The summed E-state index contributed by atoms with van der Waals surface area (Å²) in [4.78, 5) is 23.6. The van der Waals surface area contributed by atoms with Gasteiger partial charge < -0.3 is 9.64 Å². The number of nitro benzene ring substituents is 1. The van der Waals surface area contributed by atoms with Crippen molar-refractivity contribution in [2.75, 3.05) is 13.7 Å². The van der Waals surface area contributed by atoms with E-state index in [4.69, 9.17) is 4.74 Å². The predicted molar refractivity (Wildman–Crippen MR) is 91.6 cm³/mol. The number of ether oxygens (including phenoxy) is 1. The van der Waals surface area contributed by atoms with Crippen LogP contribution in [-0.4, -0.2) is 35.6 Å². The molecule has 144 valence electrons. The Morgan fingerprint density at radius 2 is 1.81 bits per heavy atom. The van der Waals surface area contributed by atoms with Gasteiger partial charge in [-0.3, -0.25) is 14.9 Å². The standard InChI is InChI=1S/C18H17F3N2O4/c1-12-3-6-14(9-16(12)23(25)26)17(24)22(11-18(19,20)21)10-13-4-7-15(27-2)8-5-13/h3-9H,10-11H2,1-2H3. The van der Waals surface area contributed by atoms with E-state index in [-0.39, 0.29) is 17.8 Å². The number of amides is 1. The Balaban J connectivity index is 2.33. The van der Waals surface area contributed by atoms with Crippen molar-refractivity contribution in [3.8, 4) is 5.75 Å². The van der Waals surface area contributed by atoms with Crippen LogP contribution in [0, 0.1) is 17.0 Å². The second-order valence-corrected chi connectivity index (χ2v) is 5.88. The van der Waals surface area contributed by atoms with E-state index in [0.29, 0.717) is 21.8 Å². The molecule has 9 heteroatoms. The first-order chi connectivity index (χ1) is 12.6. The van der Waals surface area contributed by atoms with Crippen LogP contribution in [0.25, 0.3) is 0 Å². The van der Waals surface area contributed by atoms with E-state index in [1.54, 1.807) is 24.3 Å². The summed E-state index contributed by atoms with van der Waals surface area (Å²) in [7, 11) is 1.46. The van der Waals surface area contributed by atoms with E-state index in [1.807, 2.05) is 0 Å². The number of halogens is 3. The topological polar surface area (TPSA) is 72.7 Å². The van der Waals surface area contributed by atoms with Crippen LogP contribution in [-0.2, 0) is 6.54 Å². The van der Waals surface area contributed by atoms with E-state index in [1.165, 1.54) is 26.2 Å². The van der Waals surface area contributed by atoms with Crippen LogP contribution < -0.4 is 4.74 Å². The highest BCUT2D eigenvalue weighted by molar-refractivity contribution is 5.95. The molecule has 0 fully saturated rings. The molecule has 2 aromatic rings. The Morgan fingerprint density at radius 3 is 2.33 bits per heavy atom. The molecule has 0 spiro atoms. The molecule has 0 saturated heterocycles. The summed E-state index contributed by atoms with van der Waals surface area (Å²) in [6.45, 7) is -0.291. The summed E-state index contributed by atoms with van der Waals surface area (Å²) in [5.41, 5.74) is 0.284. The first kappa shape index (κ1) is 20.2. The third-order valence-electron chi connectivity index (χ3n) is 3.84. The summed E-state index contributed by atoms with van der Waals surface area (Å²) in [6, 6.07) is 9.85. The molecular formula is C18H17F3N2O4. The molecule has 0 aliphatic rings. The van der Waals surface area contributed by atoms with Gasteiger partial charge in [-0.05, 0) is 30.7 Å². The number of nitrogens with zero attached hydrogens (tertiary/aromatic N) is 2. The number of aryl methyl sites for hydroxylation is 1. The lowest BCUT2D eigenvalue weighted by Gasteiger charge is -2.24. The highest BCUT2D eigenvalue weighted by Crippen LogP contribution is 2.24. The van der Waals surface area contributed by atoms with E-state index in [2.05, 4.69) is 0 Å². The first-order valence-electron chi connectivity index (χ1n) is 7.84. The van der Waals surface area contributed by atoms with Gasteiger partial charge in [0.25, 0.3) is 11.6 Å². The maximum Gasteiger partial charge on any atom is 0.406 e. The summed E-state index contributed by atoms with van der Waals surface area (Å²) >= 11 is 0. The van der Waals surface area contributed by atoms with E-state index >= 15 is 0 Å². The van der Waals surface area contributed by atoms with Gasteiger partial charge in [0.05, 0.1) is 12.0 Å². The third-order valence-corrected chi connectivity index (χ3v) is 3.84. The molecule has 0 unspecified atom stereocenters. The summed E-state index contributed by atoms with van der Waals surface area (Å²) in [5.74, 6) is -0.409. The Labute approximate surface area is 153 Å². The summed E-state index contributed by atoms with van der Waals surface area (Å²) in [5, 5.41) is 11.0.